The molecule has 1 heterocycles. The number of allylic oxidation sites excluding steroid dienone is 2. The van der Waals surface area contributed by atoms with Crippen molar-refractivity contribution in [2.75, 3.05) is 20.6 Å². The minimum atomic E-state index is -1.18. The number of aliphatic carboxylic acids is 1. The van der Waals surface area contributed by atoms with Crippen molar-refractivity contribution in [3.05, 3.63) is 62.0 Å². The first-order valence-electron chi connectivity index (χ1n) is 22.3. The van der Waals surface area contributed by atoms with Crippen molar-refractivity contribution in [1.82, 2.24) is 14.3 Å². The van der Waals surface area contributed by atoms with E-state index in [9.17, 15) is 24.3 Å². The molecule has 1 aromatic heterocycles. The smallest absolute Gasteiger partial charge is 0.309 e. The number of nitrogens with zero attached hydrogens (tertiary/aromatic N) is 3. The van der Waals surface area contributed by atoms with Gasteiger partial charge in [-0.1, -0.05) is 60.1 Å². The van der Waals surface area contributed by atoms with Crippen LogP contribution in [0.5, 0.6) is 0 Å². The number of ether oxygens (including phenoxy) is 1. The van der Waals surface area contributed by atoms with Gasteiger partial charge < -0.3 is 14.7 Å². The Morgan fingerprint density at radius 2 is 1.59 bits per heavy atom. The molecule has 7 rings (SSSR count). The minimum absolute atomic E-state index is 0.00797. The van der Waals surface area contributed by atoms with E-state index in [2.05, 4.69) is 72.1 Å². The Hall–Kier alpha value is -3.17. The van der Waals surface area contributed by atoms with E-state index in [1.165, 1.54) is 5.57 Å². The number of benzene rings is 1. The lowest BCUT2D eigenvalue weighted by molar-refractivity contribution is -0.232. The number of fused-ring (bicyclic) bond motifs is 7. The van der Waals surface area contributed by atoms with Crippen molar-refractivity contribution >= 4 is 29.3 Å². The largest absolute Gasteiger partial charge is 0.481 e. The van der Waals surface area contributed by atoms with Crippen molar-refractivity contribution < 1.29 is 24.2 Å². The molecule has 0 bridgehead atoms. The average molecular weight is 833 g/mol. The predicted octanol–water partition coefficient (Wildman–Crippen LogP) is 9.81. The lowest BCUT2D eigenvalue weighted by Crippen LogP contribution is -2.66. The van der Waals surface area contributed by atoms with Crippen LogP contribution in [0.2, 0.25) is 5.02 Å². The molecule has 1 N–H and O–H groups in total. The summed E-state index contributed by atoms with van der Waals surface area (Å²) in [4.78, 5) is 56.5. The van der Waals surface area contributed by atoms with Crippen molar-refractivity contribution in [1.29, 1.82) is 0 Å². The number of hydrogen-bond acceptors (Lipinski definition) is 6. The molecular formula is C49H70ClN3O6. The van der Waals surface area contributed by atoms with Crippen molar-refractivity contribution in [3.63, 3.8) is 0 Å². The van der Waals surface area contributed by atoms with Crippen LogP contribution >= 0.6 is 11.6 Å². The molecule has 59 heavy (non-hydrogen) atoms. The second-order valence-corrected chi connectivity index (χ2v) is 22.4. The topological polar surface area (TPSA) is 111 Å². The lowest BCUT2D eigenvalue weighted by atomic mass is 9.33. The summed E-state index contributed by atoms with van der Waals surface area (Å²) in [5.41, 5.74) is 2.78. The fourth-order valence-corrected chi connectivity index (χ4v) is 14.5. The maximum Gasteiger partial charge on any atom is 0.309 e. The van der Waals surface area contributed by atoms with Crippen LogP contribution in [-0.2, 0) is 31.1 Å². The van der Waals surface area contributed by atoms with Gasteiger partial charge in [0.1, 0.15) is 6.10 Å². The summed E-state index contributed by atoms with van der Waals surface area (Å²) in [6, 6.07) is 7.52. The van der Waals surface area contributed by atoms with Gasteiger partial charge in [0.15, 0.2) is 5.78 Å². The molecule has 0 saturated heterocycles. The Balaban J connectivity index is 1.29. The molecule has 5 aliphatic rings. The molecule has 0 unspecified atom stereocenters. The number of carbonyl (C=O) groups excluding carboxylic acids is 2. The van der Waals surface area contributed by atoms with Crippen LogP contribution in [0.3, 0.4) is 0 Å². The number of carboxylic acid groups (broad SMARTS) is 1. The van der Waals surface area contributed by atoms with Crippen LogP contribution in [0.25, 0.3) is 5.69 Å². The molecule has 0 radical (unpaired) electrons. The number of carboxylic acids is 1. The molecule has 0 amide bonds. The number of hydrogen-bond donors (Lipinski definition) is 1. The first-order chi connectivity index (χ1) is 27.4. The number of ketones is 1. The number of rotatable bonds is 10. The van der Waals surface area contributed by atoms with Gasteiger partial charge in [-0.15, -0.1) is 0 Å². The SMILES string of the molecule is Cc1c([C@@]23CC[C@]4(C)[C@H](CC[C@@H]5[C@@]6(C)CC[C@H](OC(=O)CC(C)(C)C(=O)O)C(C)(C)[C@@H]6CC[C@]54C)C2=C(C(C)C)C(=O)C3)n(CCN(C)C)n(-c2ccc(Cl)cc2)c1=O. The molecule has 9 nitrogen and oxygen atoms in total. The molecule has 8 atom stereocenters. The number of aromatic nitrogens is 2. The van der Waals surface area contributed by atoms with Gasteiger partial charge in [0.25, 0.3) is 5.56 Å². The zero-order chi connectivity index (χ0) is 43.4. The van der Waals surface area contributed by atoms with Crippen LogP contribution in [0, 0.1) is 57.7 Å². The number of likely N-dealkylation sites (N-methyl/N-ethyl adjacent to an activating group) is 1. The highest BCUT2D eigenvalue weighted by atomic mass is 35.5. The van der Waals surface area contributed by atoms with Crippen molar-refractivity contribution in [2.24, 2.45) is 50.7 Å². The third-order valence-electron chi connectivity index (χ3n) is 17.5. The summed E-state index contributed by atoms with van der Waals surface area (Å²) in [5, 5.41) is 10.3. The molecule has 4 fully saturated rings. The van der Waals surface area contributed by atoms with Crippen LogP contribution in [-0.4, -0.2) is 63.8 Å². The second kappa shape index (κ2) is 14.7. The van der Waals surface area contributed by atoms with Crippen molar-refractivity contribution in [3.8, 4) is 5.69 Å². The highest BCUT2D eigenvalue weighted by Crippen LogP contribution is 2.77. The average Bonchev–Trinajstić information content (AvgIpc) is 3.58. The number of carbonyl (C=O) groups is 3. The Labute approximate surface area is 357 Å². The lowest BCUT2D eigenvalue weighted by Gasteiger charge is -2.72. The third-order valence-corrected chi connectivity index (χ3v) is 17.7. The van der Waals surface area contributed by atoms with Crippen LogP contribution in [0.15, 0.2) is 40.2 Å². The molecule has 1 aromatic carbocycles. The summed E-state index contributed by atoms with van der Waals surface area (Å²) in [6.07, 6.45) is 7.68. The van der Waals surface area contributed by atoms with Gasteiger partial charge in [-0.25, -0.2) is 4.68 Å². The van der Waals surface area contributed by atoms with E-state index in [1.807, 2.05) is 35.9 Å². The zero-order valence-electron chi connectivity index (χ0n) is 37.9. The molecule has 10 heteroatoms. The molecule has 0 aliphatic heterocycles. The fourth-order valence-electron chi connectivity index (χ4n) is 14.3. The van der Waals surface area contributed by atoms with Crippen LogP contribution < -0.4 is 5.56 Å². The molecule has 5 aliphatic carbocycles. The first kappa shape index (κ1) is 43.9. The minimum Gasteiger partial charge on any atom is -0.481 e. The van der Waals surface area contributed by atoms with Gasteiger partial charge >= 0.3 is 11.9 Å². The predicted molar refractivity (Wildman–Crippen MR) is 233 cm³/mol. The van der Waals surface area contributed by atoms with Crippen molar-refractivity contribution in [2.45, 2.75) is 152 Å². The van der Waals surface area contributed by atoms with Gasteiger partial charge in [0.2, 0.25) is 0 Å². The maximum atomic E-state index is 14.7. The maximum absolute atomic E-state index is 14.7. The first-order valence-corrected chi connectivity index (χ1v) is 22.7. The molecule has 4 saturated carbocycles. The monoisotopic (exact) mass is 831 g/mol. The number of halogens is 1. The van der Waals surface area contributed by atoms with Gasteiger partial charge in [-0.05, 0) is 162 Å². The quantitative estimate of drug-likeness (QED) is 0.238. The van der Waals surface area contributed by atoms with Crippen LogP contribution in [0.1, 0.15) is 138 Å². The molecule has 0 spiro atoms. The highest BCUT2D eigenvalue weighted by Gasteiger charge is 2.71. The highest BCUT2D eigenvalue weighted by molar-refractivity contribution is 6.30. The Bertz CT molecular complexity index is 2130. The summed E-state index contributed by atoms with van der Waals surface area (Å²) in [5.74, 6) is -0.103. The van der Waals surface area contributed by atoms with E-state index in [1.54, 1.807) is 13.8 Å². The Morgan fingerprint density at radius 3 is 2.20 bits per heavy atom. The second-order valence-electron chi connectivity index (χ2n) is 22.0. The Morgan fingerprint density at radius 1 is 0.932 bits per heavy atom. The third kappa shape index (κ3) is 6.55. The molecule has 2 aromatic rings. The fraction of sp³-hybridized carbons (Fsp3) is 0.714. The molecule has 324 valence electrons. The number of Topliss-reactive ketones (excluding diaryl/α,β-unsaturated/α-hetero) is 1. The summed E-state index contributed by atoms with van der Waals surface area (Å²) < 4.78 is 10.3. The summed E-state index contributed by atoms with van der Waals surface area (Å²) in [6.45, 7) is 23.1. The zero-order valence-corrected chi connectivity index (χ0v) is 38.6. The van der Waals surface area contributed by atoms with Gasteiger partial charge in [0, 0.05) is 34.4 Å². The standard InChI is InChI=1S/C49H70ClN3O6/c1-29(2)39-34(54)27-49(41-30(3)42(56)53(52(41)26-25-51(11)12)32-15-13-31(50)14-16-32)24-23-47(9)33(40(39)49)17-18-36-46(8)21-20-37(59-38(55)28-44(4,5)43(57)58)45(6,7)35(46)19-22-48(36,47)10/h13-16,29,33,35-37H,17-28H2,1-12H3,(H,57,58)/t33-,35+,36-,37+,46+,47-,48-,49-/m1/s1. The number of esters is 1. The Kier molecular flexibility index (Phi) is 11.0. The van der Waals surface area contributed by atoms with E-state index < -0.39 is 22.8 Å². The normalized spacial score (nSPS) is 34.1. The van der Waals surface area contributed by atoms with E-state index in [0.717, 1.165) is 80.4 Å². The van der Waals surface area contributed by atoms with E-state index in [-0.39, 0.29) is 57.4 Å². The van der Waals surface area contributed by atoms with Gasteiger partial charge in [-0.3, -0.25) is 23.9 Å². The summed E-state index contributed by atoms with van der Waals surface area (Å²) >= 11 is 6.34. The van der Waals surface area contributed by atoms with Crippen LogP contribution in [0.4, 0.5) is 0 Å². The van der Waals surface area contributed by atoms with E-state index >= 15 is 0 Å². The molecular weight excluding hydrogens is 762 g/mol. The van der Waals surface area contributed by atoms with Gasteiger partial charge in [0.05, 0.1) is 29.8 Å². The van der Waals surface area contributed by atoms with E-state index in [0.29, 0.717) is 29.8 Å². The van der Waals surface area contributed by atoms with E-state index in [4.69, 9.17) is 16.3 Å². The summed E-state index contributed by atoms with van der Waals surface area (Å²) in [7, 11) is 4.12. The van der Waals surface area contributed by atoms with Gasteiger partial charge in [-0.2, -0.15) is 0 Å².